The molecule has 0 aliphatic rings. The molecule has 0 aliphatic carbocycles. The molecule has 1 atom stereocenters. The molecule has 0 radical (unpaired) electrons. The van der Waals surface area contributed by atoms with Gasteiger partial charge in [0.05, 0.1) is 19.0 Å². The first-order chi connectivity index (χ1) is 10.5. The molecule has 0 spiro atoms. The van der Waals surface area contributed by atoms with E-state index in [0.717, 1.165) is 0 Å². The van der Waals surface area contributed by atoms with Gasteiger partial charge in [-0.05, 0) is 18.6 Å². The Balaban J connectivity index is 2.25. The minimum Gasteiger partial charge on any atom is -0.383 e. The quantitative estimate of drug-likeness (QED) is 0.840. The normalized spacial score (nSPS) is 13.2. The third kappa shape index (κ3) is 3.70. The lowest BCUT2D eigenvalue weighted by Crippen LogP contribution is -2.37. The fraction of sp³-hybridized carbons (Fsp3) is 0.357. The van der Waals surface area contributed by atoms with Crippen molar-refractivity contribution in [2.75, 3.05) is 13.7 Å². The number of ether oxygens (including phenoxy) is 1. The smallest absolute Gasteiger partial charge is 0.244 e. The molecule has 1 N–H and O–H groups in total. The second-order valence-corrected chi connectivity index (χ2v) is 6.47. The Hall–Kier alpha value is -1.77. The highest BCUT2D eigenvalue weighted by molar-refractivity contribution is 7.89. The molecule has 0 aliphatic heterocycles. The Bertz CT molecular complexity index is 730. The SMILES string of the molecule is CC[C@H](COC)NS(=O)(=O)c1cnn(-c2ccccc2F)c1. The molecular formula is C14H18FN3O3S. The fourth-order valence-electron chi connectivity index (χ4n) is 1.94. The monoisotopic (exact) mass is 327 g/mol. The minimum atomic E-state index is -3.73. The Labute approximate surface area is 129 Å². The van der Waals surface area contributed by atoms with Crippen molar-refractivity contribution in [2.45, 2.75) is 24.3 Å². The average molecular weight is 327 g/mol. The fourth-order valence-corrected chi connectivity index (χ4v) is 3.17. The van der Waals surface area contributed by atoms with Gasteiger partial charge in [-0.1, -0.05) is 19.1 Å². The van der Waals surface area contributed by atoms with E-state index in [0.29, 0.717) is 6.42 Å². The van der Waals surface area contributed by atoms with Gasteiger partial charge in [0.2, 0.25) is 10.0 Å². The van der Waals surface area contributed by atoms with E-state index in [1.54, 1.807) is 12.1 Å². The van der Waals surface area contributed by atoms with Crippen molar-refractivity contribution in [2.24, 2.45) is 0 Å². The number of halogens is 1. The molecule has 120 valence electrons. The number of aromatic nitrogens is 2. The van der Waals surface area contributed by atoms with Crippen LogP contribution < -0.4 is 4.72 Å². The van der Waals surface area contributed by atoms with Crippen molar-refractivity contribution in [3.63, 3.8) is 0 Å². The van der Waals surface area contributed by atoms with E-state index in [4.69, 9.17) is 4.74 Å². The molecule has 2 rings (SSSR count). The summed E-state index contributed by atoms with van der Waals surface area (Å²) >= 11 is 0. The maximum absolute atomic E-state index is 13.7. The molecular weight excluding hydrogens is 309 g/mol. The third-order valence-electron chi connectivity index (χ3n) is 3.15. The lowest BCUT2D eigenvalue weighted by atomic mass is 10.3. The van der Waals surface area contributed by atoms with Crippen LogP contribution in [0.1, 0.15) is 13.3 Å². The second kappa shape index (κ2) is 6.99. The first-order valence-corrected chi connectivity index (χ1v) is 8.27. The number of methoxy groups -OCH3 is 1. The summed E-state index contributed by atoms with van der Waals surface area (Å²) in [7, 11) is -2.22. The third-order valence-corrected chi connectivity index (χ3v) is 4.63. The summed E-state index contributed by atoms with van der Waals surface area (Å²) in [6.07, 6.45) is 3.06. The molecule has 1 heterocycles. The zero-order chi connectivity index (χ0) is 16.2. The van der Waals surface area contributed by atoms with E-state index < -0.39 is 15.8 Å². The molecule has 0 amide bonds. The summed E-state index contributed by atoms with van der Waals surface area (Å²) < 4.78 is 47.0. The number of rotatable bonds is 7. The van der Waals surface area contributed by atoms with Crippen LogP contribution in [0.25, 0.3) is 5.69 Å². The maximum atomic E-state index is 13.7. The van der Waals surface area contributed by atoms with Crippen molar-refractivity contribution >= 4 is 10.0 Å². The van der Waals surface area contributed by atoms with E-state index in [1.165, 1.54) is 36.3 Å². The van der Waals surface area contributed by atoms with Gasteiger partial charge < -0.3 is 4.74 Å². The van der Waals surface area contributed by atoms with Crippen molar-refractivity contribution in [1.82, 2.24) is 14.5 Å². The summed E-state index contributed by atoms with van der Waals surface area (Å²) in [6, 6.07) is 5.68. The Kier molecular flexibility index (Phi) is 5.28. The van der Waals surface area contributed by atoms with Gasteiger partial charge in [0.15, 0.2) is 0 Å². The zero-order valence-electron chi connectivity index (χ0n) is 12.4. The van der Waals surface area contributed by atoms with E-state index in [1.807, 2.05) is 6.92 Å². The predicted molar refractivity (Wildman–Crippen MR) is 79.8 cm³/mol. The van der Waals surface area contributed by atoms with Crippen molar-refractivity contribution in [1.29, 1.82) is 0 Å². The minimum absolute atomic E-state index is 0.0229. The van der Waals surface area contributed by atoms with Crippen LogP contribution in [0.4, 0.5) is 4.39 Å². The number of hydrogen-bond donors (Lipinski definition) is 1. The van der Waals surface area contributed by atoms with Gasteiger partial charge in [-0.2, -0.15) is 5.10 Å². The van der Waals surface area contributed by atoms with Crippen LogP contribution in [0.3, 0.4) is 0 Å². The van der Waals surface area contributed by atoms with Crippen LogP contribution in [-0.2, 0) is 14.8 Å². The Morgan fingerprint density at radius 1 is 1.41 bits per heavy atom. The summed E-state index contributed by atoms with van der Waals surface area (Å²) in [5.41, 5.74) is 0.188. The molecule has 6 nitrogen and oxygen atoms in total. The van der Waals surface area contributed by atoms with E-state index in [-0.39, 0.29) is 23.2 Å². The van der Waals surface area contributed by atoms with E-state index in [2.05, 4.69) is 9.82 Å². The highest BCUT2D eigenvalue weighted by atomic mass is 32.2. The molecule has 0 fully saturated rings. The number of benzene rings is 1. The topological polar surface area (TPSA) is 73.2 Å². The summed E-state index contributed by atoms with van der Waals surface area (Å²) in [5.74, 6) is -0.478. The highest BCUT2D eigenvalue weighted by Gasteiger charge is 2.21. The lowest BCUT2D eigenvalue weighted by molar-refractivity contribution is 0.173. The zero-order valence-corrected chi connectivity index (χ0v) is 13.2. The molecule has 0 unspecified atom stereocenters. The Morgan fingerprint density at radius 3 is 2.77 bits per heavy atom. The number of nitrogens with zero attached hydrogens (tertiary/aromatic N) is 2. The van der Waals surface area contributed by atoms with Gasteiger partial charge >= 0.3 is 0 Å². The molecule has 0 bridgehead atoms. The van der Waals surface area contributed by atoms with Gasteiger partial charge in [0, 0.05) is 13.2 Å². The standard InChI is InChI=1S/C14H18FN3O3S/c1-3-11(10-21-2)17-22(19,20)12-8-16-18(9-12)14-7-5-4-6-13(14)15/h4-9,11,17H,3,10H2,1-2H3/t11-/m1/s1. The number of hydrogen-bond acceptors (Lipinski definition) is 4. The van der Waals surface area contributed by atoms with Crippen LogP contribution in [-0.4, -0.2) is 38.0 Å². The van der Waals surface area contributed by atoms with Gasteiger partial charge in [-0.25, -0.2) is 22.2 Å². The summed E-state index contributed by atoms with van der Waals surface area (Å²) in [5, 5.41) is 3.92. The molecule has 0 saturated heterocycles. The van der Waals surface area contributed by atoms with Crippen LogP contribution in [0, 0.1) is 5.82 Å². The molecule has 2 aromatic rings. The van der Waals surface area contributed by atoms with Crippen molar-refractivity contribution in [3.05, 3.63) is 42.5 Å². The molecule has 1 aromatic heterocycles. The molecule has 22 heavy (non-hydrogen) atoms. The number of para-hydroxylation sites is 1. The lowest BCUT2D eigenvalue weighted by Gasteiger charge is -2.15. The summed E-state index contributed by atoms with van der Waals surface area (Å²) in [4.78, 5) is -0.0229. The van der Waals surface area contributed by atoms with Gasteiger partial charge in [-0.15, -0.1) is 0 Å². The van der Waals surface area contributed by atoms with E-state index >= 15 is 0 Å². The molecule has 8 heteroatoms. The number of nitrogens with one attached hydrogen (secondary N) is 1. The predicted octanol–water partition coefficient (Wildman–Crippen LogP) is 1.71. The van der Waals surface area contributed by atoms with E-state index in [9.17, 15) is 12.8 Å². The largest absolute Gasteiger partial charge is 0.383 e. The van der Waals surface area contributed by atoms with Crippen LogP contribution in [0.15, 0.2) is 41.6 Å². The average Bonchev–Trinajstić information content (AvgIpc) is 2.97. The van der Waals surface area contributed by atoms with Gasteiger partial charge in [0.25, 0.3) is 0 Å². The summed E-state index contributed by atoms with van der Waals surface area (Å²) in [6.45, 7) is 2.13. The number of sulfonamides is 1. The van der Waals surface area contributed by atoms with Crippen LogP contribution in [0.2, 0.25) is 0 Å². The van der Waals surface area contributed by atoms with Crippen molar-refractivity contribution < 1.29 is 17.5 Å². The first-order valence-electron chi connectivity index (χ1n) is 6.78. The maximum Gasteiger partial charge on any atom is 0.244 e. The van der Waals surface area contributed by atoms with Gasteiger partial charge in [-0.3, -0.25) is 0 Å². The van der Waals surface area contributed by atoms with Gasteiger partial charge in [0.1, 0.15) is 16.4 Å². The van der Waals surface area contributed by atoms with Crippen LogP contribution >= 0.6 is 0 Å². The Morgan fingerprint density at radius 2 is 2.14 bits per heavy atom. The highest BCUT2D eigenvalue weighted by Crippen LogP contribution is 2.15. The second-order valence-electron chi connectivity index (χ2n) is 4.75. The van der Waals surface area contributed by atoms with Crippen molar-refractivity contribution in [3.8, 4) is 5.69 Å². The first kappa shape index (κ1) is 16.6. The van der Waals surface area contributed by atoms with Crippen LogP contribution in [0.5, 0.6) is 0 Å². The molecule has 0 saturated carbocycles. The molecule has 1 aromatic carbocycles.